The lowest BCUT2D eigenvalue weighted by Gasteiger charge is -2.13. The van der Waals surface area contributed by atoms with E-state index in [1.165, 1.54) is 0 Å². The van der Waals surface area contributed by atoms with Gasteiger partial charge in [0.2, 0.25) is 0 Å². The Morgan fingerprint density at radius 3 is 2.79 bits per heavy atom. The van der Waals surface area contributed by atoms with Crippen LogP contribution in [-0.2, 0) is 9.47 Å². The molecule has 1 amide bonds. The Hall–Kier alpha value is -0.770. The molecule has 0 heterocycles. The highest BCUT2D eigenvalue weighted by molar-refractivity contribution is 5.67. The third-order valence-corrected chi connectivity index (χ3v) is 1.85. The highest BCUT2D eigenvalue weighted by Gasteiger charge is 2.07. The van der Waals surface area contributed by atoms with Gasteiger partial charge in [-0.15, -0.1) is 0 Å². The summed E-state index contributed by atoms with van der Waals surface area (Å²) in [5, 5.41) is 2.60. The monoisotopic (exact) mass is 203 g/mol. The van der Waals surface area contributed by atoms with E-state index in [-0.39, 0.29) is 12.2 Å². The van der Waals surface area contributed by atoms with Crippen LogP contribution in [0.5, 0.6) is 0 Å². The Labute approximate surface area is 86.0 Å². The van der Waals surface area contributed by atoms with Crippen molar-refractivity contribution in [3.63, 3.8) is 0 Å². The van der Waals surface area contributed by atoms with Gasteiger partial charge in [-0.1, -0.05) is 19.8 Å². The number of alkyl carbamates (subject to hydrolysis) is 1. The van der Waals surface area contributed by atoms with Crippen molar-refractivity contribution in [1.29, 1.82) is 0 Å². The topological polar surface area (TPSA) is 47.6 Å². The van der Waals surface area contributed by atoms with E-state index in [4.69, 9.17) is 9.47 Å². The van der Waals surface area contributed by atoms with Gasteiger partial charge in [0.15, 0.2) is 0 Å². The number of hydrogen-bond donors (Lipinski definition) is 1. The zero-order valence-corrected chi connectivity index (χ0v) is 9.34. The zero-order valence-electron chi connectivity index (χ0n) is 9.34. The minimum Gasteiger partial charge on any atom is -0.447 e. The summed E-state index contributed by atoms with van der Waals surface area (Å²) >= 11 is 0. The third-order valence-electron chi connectivity index (χ3n) is 1.85. The number of hydrogen-bond acceptors (Lipinski definition) is 3. The maximum Gasteiger partial charge on any atom is 0.407 e. The molecule has 0 bridgehead atoms. The Morgan fingerprint density at radius 1 is 1.50 bits per heavy atom. The van der Waals surface area contributed by atoms with Crippen LogP contribution in [0.3, 0.4) is 0 Å². The number of rotatable bonds is 7. The van der Waals surface area contributed by atoms with Gasteiger partial charge in [0.1, 0.15) is 6.10 Å². The predicted molar refractivity (Wildman–Crippen MR) is 55.3 cm³/mol. The largest absolute Gasteiger partial charge is 0.447 e. The van der Waals surface area contributed by atoms with Crippen molar-refractivity contribution in [2.45, 2.75) is 39.2 Å². The maximum atomic E-state index is 11.1. The van der Waals surface area contributed by atoms with Gasteiger partial charge in [0.25, 0.3) is 0 Å². The molecule has 0 aliphatic rings. The summed E-state index contributed by atoms with van der Waals surface area (Å²) in [6.07, 6.45) is 2.78. The van der Waals surface area contributed by atoms with E-state index in [1.54, 1.807) is 7.11 Å². The summed E-state index contributed by atoms with van der Waals surface area (Å²) < 4.78 is 9.89. The summed E-state index contributed by atoms with van der Waals surface area (Å²) in [5.74, 6) is 0. The Balaban J connectivity index is 3.40. The molecule has 1 N–H and O–H groups in total. The fraction of sp³-hybridized carbons (Fsp3) is 0.900. The molecule has 0 aliphatic heterocycles. The molecule has 84 valence electrons. The minimum absolute atomic E-state index is 0.00232. The van der Waals surface area contributed by atoms with Crippen molar-refractivity contribution in [1.82, 2.24) is 5.32 Å². The molecular weight excluding hydrogens is 182 g/mol. The van der Waals surface area contributed by atoms with Crippen molar-refractivity contribution >= 4 is 6.09 Å². The van der Waals surface area contributed by atoms with Crippen LogP contribution in [0.15, 0.2) is 0 Å². The Morgan fingerprint density at radius 2 is 2.21 bits per heavy atom. The average molecular weight is 203 g/mol. The van der Waals surface area contributed by atoms with Crippen LogP contribution >= 0.6 is 0 Å². The van der Waals surface area contributed by atoms with Crippen molar-refractivity contribution in [3.8, 4) is 0 Å². The molecule has 4 heteroatoms. The Kier molecular flexibility index (Phi) is 8.33. The second-order valence-corrected chi connectivity index (χ2v) is 3.28. The highest BCUT2D eigenvalue weighted by Crippen LogP contribution is 2.03. The first-order valence-electron chi connectivity index (χ1n) is 5.14. The molecule has 4 nitrogen and oxygen atoms in total. The van der Waals surface area contributed by atoms with Gasteiger partial charge in [-0.25, -0.2) is 4.79 Å². The number of ether oxygens (including phenoxy) is 2. The number of amides is 1. The van der Waals surface area contributed by atoms with Crippen molar-refractivity contribution in [2.24, 2.45) is 0 Å². The van der Waals surface area contributed by atoms with Crippen LogP contribution in [0.2, 0.25) is 0 Å². The second-order valence-electron chi connectivity index (χ2n) is 3.28. The van der Waals surface area contributed by atoms with E-state index in [0.29, 0.717) is 13.2 Å². The lowest BCUT2D eigenvalue weighted by Crippen LogP contribution is -2.30. The number of carbonyl (C=O) groups excluding carboxylic acids is 1. The van der Waals surface area contributed by atoms with Gasteiger partial charge in [-0.2, -0.15) is 0 Å². The highest BCUT2D eigenvalue weighted by atomic mass is 16.6. The van der Waals surface area contributed by atoms with E-state index in [9.17, 15) is 4.79 Å². The molecule has 14 heavy (non-hydrogen) atoms. The van der Waals surface area contributed by atoms with Crippen LogP contribution in [0.4, 0.5) is 4.79 Å². The molecule has 0 aromatic heterocycles. The van der Waals surface area contributed by atoms with Crippen LogP contribution in [0.1, 0.15) is 33.1 Å². The number of carbonyl (C=O) groups is 1. The van der Waals surface area contributed by atoms with Gasteiger partial charge in [-0.3, -0.25) is 0 Å². The average Bonchev–Trinajstić information content (AvgIpc) is 2.15. The fourth-order valence-electron chi connectivity index (χ4n) is 1.03. The number of unbranched alkanes of at least 4 members (excludes halogenated alkanes) is 1. The molecule has 0 aliphatic carbocycles. The summed E-state index contributed by atoms with van der Waals surface area (Å²) in [5.41, 5.74) is 0. The number of methoxy groups -OCH3 is 1. The molecule has 0 rings (SSSR count). The molecule has 0 aromatic carbocycles. The molecule has 0 radical (unpaired) electrons. The van der Waals surface area contributed by atoms with E-state index >= 15 is 0 Å². The van der Waals surface area contributed by atoms with Crippen molar-refractivity contribution < 1.29 is 14.3 Å². The molecule has 0 aromatic rings. The number of nitrogens with one attached hydrogen (secondary N) is 1. The van der Waals surface area contributed by atoms with Crippen LogP contribution < -0.4 is 5.32 Å². The third kappa shape index (κ3) is 7.86. The van der Waals surface area contributed by atoms with Crippen molar-refractivity contribution in [2.75, 3.05) is 20.3 Å². The van der Waals surface area contributed by atoms with E-state index in [1.807, 2.05) is 6.92 Å². The zero-order chi connectivity index (χ0) is 10.8. The van der Waals surface area contributed by atoms with Gasteiger partial charge >= 0.3 is 6.09 Å². The summed E-state index contributed by atoms with van der Waals surface area (Å²) in [7, 11) is 1.59. The summed E-state index contributed by atoms with van der Waals surface area (Å²) in [6, 6.07) is 0. The lowest BCUT2D eigenvalue weighted by molar-refractivity contribution is 0.0977. The maximum absolute atomic E-state index is 11.1. The first-order valence-corrected chi connectivity index (χ1v) is 5.14. The normalized spacial score (nSPS) is 12.2. The predicted octanol–water partition coefficient (Wildman–Crippen LogP) is 1.94. The van der Waals surface area contributed by atoms with E-state index in [2.05, 4.69) is 12.2 Å². The second kappa shape index (κ2) is 8.81. The van der Waals surface area contributed by atoms with Crippen LogP contribution in [0, 0.1) is 0 Å². The molecule has 0 saturated carbocycles. The van der Waals surface area contributed by atoms with Gasteiger partial charge < -0.3 is 14.8 Å². The van der Waals surface area contributed by atoms with Gasteiger partial charge in [0, 0.05) is 13.7 Å². The van der Waals surface area contributed by atoms with Gasteiger partial charge in [0.05, 0.1) is 6.61 Å². The Bertz CT molecular complexity index is 150. The quantitative estimate of drug-likeness (QED) is 0.643. The van der Waals surface area contributed by atoms with E-state index < -0.39 is 0 Å². The summed E-state index contributed by atoms with van der Waals surface area (Å²) in [4.78, 5) is 11.1. The first kappa shape index (κ1) is 13.2. The standard InChI is InChI=1S/C10H21NO3/c1-4-5-6-9(2)14-10(12)11-7-8-13-3/h9H,4-8H2,1-3H3,(H,11,12). The fourth-order valence-corrected chi connectivity index (χ4v) is 1.03. The molecule has 1 unspecified atom stereocenters. The smallest absolute Gasteiger partial charge is 0.407 e. The first-order chi connectivity index (χ1) is 6.70. The minimum atomic E-state index is -0.356. The van der Waals surface area contributed by atoms with E-state index in [0.717, 1.165) is 19.3 Å². The van der Waals surface area contributed by atoms with Crippen LogP contribution in [0.25, 0.3) is 0 Å². The molecular formula is C10H21NO3. The lowest BCUT2D eigenvalue weighted by atomic mass is 10.2. The summed E-state index contributed by atoms with van der Waals surface area (Å²) in [6.45, 7) is 5.03. The molecule has 1 atom stereocenters. The van der Waals surface area contributed by atoms with Gasteiger partial charge in [-0.05, 0) is 13.3 Å². The SMILES string of the molecule is CCCCC(C)OC(=O)NCCOC. The van der Waals surface area contributed by atoms with Crippen LogP contribution in [-0.4, -0.2) is 32.5 Å². The molecule has 0 fully saturated rings. The van der Waals surface area contributed by atoms with Crippen molar-refractivity contribution in [3.05, 3.63) is 0 Å². The molecule has 0 saturated heterocycles. The molecule has 0 spiro atoms.